The van der Waals surface area contributed by atoms with Crippen LogP contribution in [0.3, 0.4) is 0 Å². The predicted molar refractivity (Wildman–Crippen MR) is 185 cm³/mol. The number of carbonyl (C=O) groups excluding carboxylic acids is 1. The maximum Gasteiger partial charge on any atom is 0.341 e. The summed E-state index contributed by atoms with van der Waals surface area (Å²) in [6, 6.07) is 34.0. The number of hydrogen-bond acceptors (Lipinski definition) is 8. The van der Waals surface area contributed by atoms with E-state index in [4.69, 9.17) is 9.47 Å². The molecule has 0 saturated heterocycles. The zero-order valence-corrected chi connectivity index (χ0v) is 27.9. The lowest BCUT2D eigenvalue weighted by Crippen LogP contribution is -2.38. The van der Waals surface area contributed by atoms with Crippen LogP contribution < -0.4 is 10.1 Å². The third-order valence-electron chi connectivity index (χ3n) is 8.00. The molecule has 0 aliphatic rings. The average molecular weight is 665 g/mol. The van der Waals surface area contributed by atoms with Gasteiger partial charge in [0.05, 0.1) is 22.5 Å². The number of esters is 1. The highest BCUT2D eigenvalue weighted by atomic mass is 32.2. The molecular weight excluding hydrogens is 625 g/mol. The minimum Gasteiger partial charge on any atom is -0.488 e. The van der Waals surface area contributed by atoms with Gasteiger partial charge in [0, 0.05) is 23.5 Å². The molecule has 0 fully saturated rings. The minimum atomic E-state index is -3.94. The molecule has 1 unspecified atom stereocenters. The van der Waals surface area contributed by atoms with Crippen LogP contribution in [-0.2, 0) is 34.0 Å². The third-order valence-corrected chi connectivity index (χ3v) is 9.77. The topological polar surface area (TPSA) is 115 Å². The van der Waals surface area contributed by atoms with Crippen molar-refractivity contribution in [2.24, 2.45) is 0 Å². The number of aryl methyl sites for hydroxylation is 1. The molecule has 0 spiro atoms. The summed E-state index contributed by atoms with van der Waals surface area (Å²) >= 11 is 0. The van der Waals surface area contributed by atoms with Gasteiger partial charge in [-0.15, -0.1) is 0 Å². The monoisotopic (exact) mass is 664 g/mol. The fraction of sp³-hybridized carbons (Fsp3) is 0.231. The summed E-state index contributed by atoms with van der Waals surface area (Å²) in [7, 11) is -3.94. The first-order chi connectivity index (χ1) is 23.2. The number of nitrogens with one attached hydrogen (secondary N) is 1. The van der Waals surface area contributed by atoms with Gasteiger partial charge in [0.15, 0.2) is 0 Å². The molecule has 0 aliphatic heterocycles. The Labute approximate surface area is 282 Å². The summed E-state index contributed by atoms with van der Waals surface area (Å²) in [5.41, 5.74) is 4.61. The molecule has 2 N–H and O–H groups in total. The first kappa shape index (κ1) is 34.5. The van der Waals surface area contributed by atoms with Gasteiger partial charge in [0.25, 0.3) is 0 Å². The number of aromatic nitrogens is 1. The van der Waals surface area contributed by atoms with Crippen LogP contribution in [-0.4, -0.2) is 43.7 Å². The summed E-state index contributed by atoms with van der Waals surface area (Å²) in [4.78, 5) is 17.2. The van der Waals surface area contributed by atoms with E-state index in [1.165, 1.54) is 18.2 Å². The molecule has 0 bridgehead atoms. The van der Waals surface area contributed by atoms with E-state index in [-0.39, 0.29) is 40.4 Å². The number of carbonyl (C=O) groups is 1. The largest absolute Gasteiger partial charge is 0.488 e. The molecule has 2 atom stereocenters. The average Bonchev–Trinajstić information content (AvgIpc) is 3.11. The van der Waals surface area contributed by atoms with Crippen LogP contribution in [0.15, 0.2) is 131 Å². The van der Waals surface area contributed by atoms with Crippen molar-refractivity contribution in [2.45, 2.75) is 55.2 Å². The van der Waals surface area contributed by atoms with Crippen LogP contribution in [0.1, 0.15) is 51.3 Å². The van der Waals surface area contributed by atoms with Crippen LogP contribution >= 0.6 is 0 Å². The van der Waals surface area contributed by atoms with Crippen LogP contribution in [0.2, 0.25) is 0 Å². The summed E-state index contributed by atoms with van der Waals surface area (Å²) < 4.78 is 38.4. The van der Waals surface area contributed by atoms with E-state index >= 15 is 0 Å². The van der Waals surface area contributed by atoms with Gasteiger partial charge in [0.2, 0.25) is 9.84 Å². The van der Waals surface area contributed by atoms with Crippen molar-refractivity contribution in [3.8, 4) is 5.75 Å². The van der Waals surface area contributed by atoms with E-state index in [0.717, 1.165) is 27.9 Å². The van der Waals surface area contributed by atoms with E-state index in [1.807, 2.05) is 79.7 Å². The number of benzene rings is 4. The van der Waals surface area contributed by atoms with Crippen molar-refractivity contribution in [3.63, 3.8) is 0 Å². The van der Waals surface area contributed by atoms with E-state index in [2.05, 4.69) is 10.3 Å². The number of rotatable bonds is 15. The Hall–Kier alpha value is -4.83. The van der Waals surface area contributed by atoms with E-state index < -0.39 is 21.9 Å². The van der Waals surface area contributed by atoms with Gasteiger partial charge in [-0.25, -0.2) is 13.2 Å². The first-order valence-corrected chi connectivity index (χ1v) is 17.4. The van der Waals surface area contributed by atoms with Gasteiger partial charge < -0.3 is 19.9 Å². The molecule has 8 nitrogen and oxygen atoms in total. The van der Waals surface area contributed by atoms with E-state index in [9.17, 15) is 18.3 Å². The van der Waals surface area contributed by atoms with Crippen LogP contribution in [0.25, 0.3) is 0 Å². The van der Waals surface area contributed by atoms with Gasteiger partial charge in [-0.05, 0) is 86.3 Å². The fourth-order valence-corrected chi connectivity index (χ4v) is 6.62. The summed E-state index contributed by atoms with van der Waals surface area (Å²) in [6.45, 7) is 4.51. The smallest absolute Gasteiger partial charge is 0.341 e. The number of sulfone groups is 1. The molecule has 1 aromatic heterocycles. The second-order valence-electron chi connectivity index (χ2n) is 11.5. The highest BCUT2D eigenvalue weighted by molar-refractivity contribution is 7.91. The Morgan fingerprint density at radius 1 is 0.833 bits per heavy atom. The molecule has 0 saturated carbocycles. The predicted octanol–water partition coefficient (Wildman–Crippen LogP) is 6.46. The lowest BCUT2D eigenvalue weighted by atomic mass is 9.96. The van der Waals surface area contributed by atoms with Crippen molar-refractivity contribution in [3.05, 3.63) is 155 Å². The Balaban J connectivity index is 1.27. The van der Waals surface area contributed by atoms with E-state index in [0.29, 0.717) is 19.4 Å². The van der Waals surface area contributed by atoms with Crippen molar-refractivity contribution in [1.82, 2.24) is 10.3 Å². The summed E-state index contributed by atoms with van der Waals surface area (Å²) in [5.74, 6) is -0.414. The Morgan fingerprint density at radius 3 is 2.15 bits per heavy atom. The Morgan fingerprint density at radius 2 is 1.50 bits per heavy atom. The lowest BCUT2D eigenvalue weighted by molar-refractivity contribution is 0.0521. The Kier molecular flexibility index (Phi) is 11.7. The standard InChI is InChI=1S/C39H40N2O6S/c1-3-46-39(43)35-25-34(20-21-37(35)47-27-31-12-8-5-9-13-31)48(44,45)33-18-15-29(16-19-33)22-23-40-36(24-30-10-6-4-7-11-30)38(42)32-17-14-28(2)41-26-32/h4-21,25-26,36,38,40,42H,3,22-24,27H2,1-2H3/t36?,38-/m1/s1. The molecule has 0 radical (unpaired) electrons. The number of ether oxygens (including phenoxy) is 2. The maximum absolute atomic E-state index is 13.6. The van der Waals surface area contributed by atoms with Crippen molar-refractivity contribution in [1.29, 1.82) is 0 Å². The molecule has 4 aromatic carbocycles. The van der Waals surface area contributed by atoms with E-state index in [1.54, 1.807) is 37.4 Å². The lowest BCUT2D eigenvalue weighted by Gasteiger charge is -2.25. The molecule has 0 amide bonds. The van der Waals surface area contributed by atoms with Crippen molar-refractivity contribution in [2.75, 3.05) is 13.2 Å². The van der Waals surface area contributed by atoms with Crippen molar-refractivity contribution >= 4 is 15.8 Å². The zero-order chi connectivity index (χ0) is 33.9. The highest BCUT2D eigenvalue weighted by Crippen LogP contribution is 2.29. The summed E-state index contributed by atoms with van der Waals surface area (Å²) in [5, 5.41) is 14.7. The molecule has 48 heavy (non-hydrogen) atoms. The second-order valence-corrected chi connectivity index (χ2v) is 13.4. The van der Waals surface area contributed by atoms with Gasteiger partial charge in [0.1, 0.15) is 17.9 Å². The molecule has 5 aromatic rings. The Bertz CT molecular complexity index is 1880. The number of pyridine rings is 1. The van der Waals surface area contributed by atoms with Crippen LogP contribution in [0.4, 0.5) is 0 Å². The fourth-order valence-electron chi connectivity index (χ4n) is 5.33. The molecule has 1 heterocycles. The molecule has 5 rings (SSSR count). The SMILES string of the molecule is CCOC(=O)c1cc(S(=O)(=O)c2ccc(CCNC(Cc3ccccc3)[C@H](O)c3ccc(C)nc3)cc2)ccc1OCc1ccccc1. The maximum atomic E-state index is 13.6. The first-order valence-electron chi connectivity index (χ1n) is 15.9. The van der Waals surface area contributed by atoms with Gasteiger partial charge in [-0.1, -0.05) is 78.9 Å². The zero-order valence-electron chi connectivity index (χ0n) is 27.1. The number of aliphatic hydroxyl groups excluding tert-OH is 1. The molecule has 248 valence electrons. The molecule has 9 heteroatoms. The number of aliphatic hydroxyl groups is 1. The van der Waals surface area contributed by atoms with Gasteiger partial charge >= 0.3 is 5.97 Å². The second kappa shape index (κ2) is 16.3. The molecule has 0 aliphatic carbocycles. The third kappa shape index (κ3) is 8.95. The molecular formula is C39H40N2O6S. The number of nitrogens with zero attached hydrogens (tertiary/aromatic N) is 1. The minimum absolute atomic E-state index is 0.0321. The normalized spacial score (nSPS) is 12.6. The quantitative estimate of drug-likeness (QED) is 0.123. The number of hydrogen-bond donors (Lipinski definition) is 2. The van der Waals surface area contributed by atoms with Gasteiger partial charge in [-0.2, -0.15) is 0 Å². The summed E-state index contributed by atoms with van der Waals surface area (Å²) in [6.07, 6.45) is 2.18. The van der Waals surface area contributed by atoms with Gasteiger partial charge in [-0.3, -0.25) is 4.98 Å². The highest BCUT2D eigenvalue weighted by Gasteiger charge is 2.24. The van der Waals surface area contributed by atoms with Crippen LogP contribution in [0.5, 0.6) is 5.75 Å². The van der Waals surface area contributed by atoms with Crippen molar-refractivity contribution < 1.29 is 27.8 Å². The van der Waals surface area contributed by atoms with Crippen LogP contribution in [0, 0.1) is 6.92 Å².